The molecular weight excluding hydrogens is 186 g/mol. The zero-order chi connectivity index (χ0) is 9.84. The number of nitrogens with zero attached hydrogens (tertiary/aromatic N) is 1. The molecule has 1 aromatic rings. The fourth-order valence-electron chi connectivity index (χ4n) is 0.922. The van der Waals surface area contributed by atoms with E-state index < -0.39 is 11.0 Å². The second-order valence-electron chi connectivity index (χ2n) is 2.86. The maximum atomic E-state index is 11.5. The molecule has 72 valence electrons. The van der Waals surface area contributed by atoms with E-state index in [4.69, 9.17) is 5.11 Å². The zero-order valence-electron chi connectivity index (χ0n) is 7.73. The number of aliphatic hydroxyl groups excluding tert-OH is 1. The molecule has 0 spiro atoms. The first-order valence-corrected chi connectivity index (χ1v) is 5.05. The number of hydrogen-bond acceptors (Lipinski definition) is 2. The van der Waals surface area contributed by atoms with Crippen molar-refractivity contribution < 1.29 is 9.32 Å². The molecule has 0 saturated heterocycles. The van der Waals surface area contributed by atoms with Crippen molar-refractivity contribution in [1.82, 2.24) is 4.31 Å². The van der Waals surface area contributed by atoms with E-state index in [0.717, 1.165) is 10.5 Å². The molecule has 0 heterocycles. The van der Waals surface area contributed by atoms with Gasteiger partial charge in [-0.3, -0.25) is 0 Å². The van der Waals surface area contributed by atoms with Gasteiger partial charge in [-0.2, -0.15) is 0 Å². The first-order valence-electron chi connectivity index (χ1n) is 3.94. The summed E-state index contributed by atoms with van der Waals surface area (Å²) in [6.45, 7) is 0.0227. The van der Waals surface area contributed by atoms with Gasteiger partial charge in [-0.15, -0.1) is 0 Å². The number of hydrogen-bond donors (Lipinski definition) is 1. The van der Waals surface area contributed by atoms with E-state index >= 15 is 0 Å². The van der Waals surface area contributed by atoms with Crippen LogP contribution in [0.3, 0.4) is 0 Å². The van der Waals surface area contributed by atoms with Gasteiger partial charge in [0.25, 0.3) is 0 Å². The number of rotatable bonds is 3. The molecule has 4 heteroatoms. The van der Waals surface area contributed by atoms with Crippen LogP contribution in [0, 0.1) is 0 Å². The first-order chi connectivity index (χ1) is 6.15. The maximum absolute atomic E-state index is 11.5. The Bertz CT molecular complexity index is 295. The Hall–Kier alpha value is -0.710. The van der Waals surface area contributed by atoms with Crippen molar-refractivity contribution in [2.45, 2.75) is 11.5 Å². The Balaban J connectivity index is 2.86. The zero-order valence-corrected chi connectivity index (χ0v) is 8.54. The standard InChI is InChI=1S/C9H13NO2S/c1-10(2)13(12)9-5-3-8(7-11)4-6-9/h3-6,11H,7H2,1-2H3. The summed E-state index contributed by atoms with van der Waals surface area (Å²) in [6.07, 6.45) is 0. The van der Waals surface area contributed by atoms with Gasteiger partial charge in [0.2, 0.25) is 0 Å². The quantitative estimate of drug-likeness (QED) is 0.781. The predicted octanol–water partition coefficient (Wildman–Crippen LogP) is 0.763. The molecule has 1 aromatic carbocycles. The fourth-order valence-corrected chi connectivity index (χ4v) is 1.71. The third kappa shape index (κ3) is 2.62. The molecule has 0 aliphatic carbocycles. The van der Waals surface area contributed by atoms with Gasteiger partial charge in [-0.25, -0.2) is 8.51 Å². The van der Waals surface area contributed by atoms with Crippen LogP contribution in [0.15, 0.2) is 29.2 Å². The van der Waals surface area contributed by atoms with Crippen LogP contribution in [0.1, 0.15) is 5.56 Å². The normalized spacial score (nSPS) is 13.2. The molecule has 0 bridgehead atoms. The van der Waals surface area contributed by atoms with Crippen LogP contribution >= 0.6 is 0 Å². The Morgan fingerprint density at radius 2 is 1.85 bits per heavy atom. The molecule has 3 nitrogen and oxygen atoms in total. The van der Waals surface area contributed by atoms with Crippen molar-refractivity contribution in [2.24, 2.45) is 0 Å². The minimum Gasteiger partial charge on any atom is -0.392 e. The highest BCUT2D eigenvalue weighted by atomic mass is 32.2. The third-order valence-electron chi connectivity index (χ3n) is 1.64. The highest BCUT2D eigenvalue weighted by Gasteiger charge is 2.04. The lowest BCUT2D eigenvalue weighted by molar-refractivity contribution is 0.282. The molecule has 1 N–H and O–H groups in total. The number of aliphatic hydroxyl groups is 1. The van der Waals surface area contributed by atoms with E-state index in [9.17, 15) is 4.21 Å². The lowest BCUT2D eigenvalue weighted by Crippen LogP contribution is -2.15. The largest absolute Gasteiger partial charge is 0.392 e. The van der Waals surface area contributed by atoms with Crippen LogP contribution in [-0.4, -0.2) is 27.7 Å². The lowest BCUT2D eigenvalue weighted by Gasteiger charge is -2.08. The summed E-state index contributed by atoms with van der Waals surface area (Å²) in [5.41, 5.74) is 0.833. The fraction of sp³-hybridized carbons (Fsp3) is 0.333. The maximum Gasteiger partial charge on any atom is 0.127 e. The van der Waals surface area contributed by atoms with Gasteiger partial charge in [0.15, 0.2) is 0 Å². The molecule has 1 rings (SSSR count). The van der Waals surface area contributed by atoms with Crippen LogP contribution < -0.4 is 0 Å². The molecule has 0 radical (unpaired) electrons. The summed E-state index contributed by atoms with van der Waals surface area (Å²) in [5.74, 6) is 0. The molecule has 0 aromatic heterocycles. The van der Waals surface area contributed by atoms with Gasteiger partial charge < -0.3 is 5.11 Å². The van der Waals surface area contributed by atoms with Crippen LogP contribution in [0.2, 0.25) is 0 Å². The van der Waals surface area contributed by atoms with Gasteiger partial charge in [0, 0.05) is 0 Å². The van der Waals surface area contributed by atoms with E-state index in [-0.39, 0.29) is 6.61 Å². The van der Waals surface area contributed by atoms with E-state index in [2.05, 4.69) is 0 Å². The molecule has 0 amide bonds. The molecular formula is C9H13NO2S. The summed E-state index contributed by atoms with van der Waals surface area (Å²) in [5, 5.41) is 8.79. The Kier molecular flexibility index (Phi) is 3.59. The Morgan fingerprint density at radius 1 is 1.31 bits per heavy atom. The monoisotopic (exact) mass is 199 g/mol. The van der Waals surface area contributed by atoms with Crippen molar-refractivity contribution in [3.63, 3.8) is 0 Å². The minimum absolute atomic E-state index is 0.0227. The Morgan fingerprint density at radius 3 is 2.23 bits per heavy atom. The smallest absolute Gasteiger partial charge is 0.127 e. The molecule has 0 saturated carbocycles. The van der Waals surface area contributed by atoms with E-state index in [1.807, 2.05) is 0 Å². The third-order valence-corrected chi connectivity index (χ3v) is 2.98. The van der Waals surface area contributed by atoms with Crippen molar-refractivity contribution >= 4 is 11.0 Å². The first kappa shape index (κ1) is 10.4. The highest BCUT2D eigenvalue weighted by molar-refractivity contribution is 7.82. The van der Waals surface area contributed by atoms with Crippen molar-refractivity contribution in [3.05, 3.63) is 29.8 Å². The van der Waals surface area contributed by atoms with Crippen molar-refractivity contribution in [3.8, 4) is 0 Å². The number of benzene rings is 1. The van der Waals surface area contributed by atoms with Gasteiger partial charge in [0.1, 0.15) is 11.0 Å². The van der Waals surface area contributed by atoms with E-state index in [1.54, 1.807) is 42.7 Å². The summed E-state index contributed by atoms with van der Waals surface area (Å²) in [6, 6.07) is 7.08. The predicted molar refractivity (Wildman–Crippen MR) is 52.5 cm³/mol. The average molecular weight is 199 g/mol. The highest BCUT2D eigenvalue weighted by Crippen LogP contribution is 2.09. The second-order valence-corrected chi connectivity index (χ2v) is 4.56. The minimum atomic E-state index is -1.09. The summed E-state index contributed by atoms with van der Waals surface area (Å²) in [7, 11) is 2.43. The summed E-state index contributed by atoms with van der Waals surface area (Å²) in [4.78, 5) is 0.752. The van der Waals surface area contributed by atoms with Crippen LogP contribution in [0.25, 0.3) is 0 Å². The van der Waals surface area contributed by atoms with Crippen molar-refractivity contribution in [2.75, 3.05) is 14.1 Å². The average Bonchev–Trinajstić information content (AvgIpc) is 2.17. The second kappa shape index (κ2) is 4.50. The summed E-state index contributed by atoms with van der Waals surface area (Å²) < 4.78 is 13.2. The molecule has 0 fully saturated rings. The van der Waals surface area contributed by atoms with Crippen LogP contribution in [-0.2, 0) is 17.6 Å². The van der Waals surface area contributed by atoms with Gasteiger partial charge >= 0.3 is 0 Å². The van der Waals surface area contributed by atoms with E-state index in [0.29, 0.717) is 0 Å². The molecule has 0 aliphatic heterocycles. The topological polar surface area (TPSA) is 40.5 Å². The van der Waals surface area contributed by atoms with Crippen LogP contribution in [0.4, 0.5) is 0 Å². The van der Waals surface area contributed by atoms with Gasteiger partial charge in [0.05, 0.1) is 11.5 Å². The van der Waals surface area contributed by atoms with Crippen molar-refractivity contribution in [1.29, 1.82) is 0 Å². The molecule has 1 atom stereocenters. The lowest BCUT2D eigenvalue weighted by atomic mass is 10.2. The van der Waals surface area contributed by atoms with E-state index in [1.165, 1.54) is 0 Å². The Labute approximate surface area is 80.6 Å². The molecule has 1 unspecified atom stereocenters. The SMILES string of the molecule is CN(C)S(=O)c1ccc(CO)cc1. The molecule has 0 aliphatic rings. The van der Waals surface area contributed by atoms with Gasteiger partial charge in [-0.1, -0.05) is 12.1 Å². The molecule has 13 heavy (non-hydrogen) atoms. The van der Waals surface area contributed by atoms with Crippen LogP contribution in [0.5, 0.6) is 0 Å². The van der Waals surface area contributed by atoms with Gasteiger partial charge in [-0.05, 0) is 31.8 Å². The summed E-state index contributed by atoms with van der Waals surface area (Å²) >= 11 is 0.